The van der Waals surface area contributed by atoms with Crippen molar-refractivity contribution >= 4 is 13.6 Å². The number of phenols is 2. The number of carbonyl (C=O) groups excluding carboxylic acids is 1. The fourth-order valence-corrected chi connectivity index (χ4v) is 2.70. The molecule has 2 aromatic carbocycles. The molecule has 0 bridgehead atoms. The summed E-state index contributed by atoms with van der Waals surface area (Å²) in [7, 11) is -4.84. The summed E-state index contributed by atoms with van der Waals surface area (Å²) in [4.78, 5) is 30.3. The zero-order valence-corrected chi connectivity index (χ0v) is 13.7. The number of phosphoric acid groups is 1. The predicted molar refractivity (Wildman–Crippen MR) is 86.2 cm³/mol. The number of rotatable bonds is 6. The molecule has 8 heteroatoms. The van der Waals surface area contributed by atoms with Crippen molar-refractivity contribution in [3.8, 4) is 17.2 Å². The van der Waals surface area contributed by atoms with Gasteiger partial charge in [-0.15, -0.1) is 0 Å². The zero-order chi connectivity index (χ0) is 17.9. The summed E-state index contributed by atoms with van der Waals surface area (Å²) in [6, 6.07) is 9.85. The lowest BCUT2D eigenvalue weighted by Gasteiger charge is -2.14. The van der Waals surface area contributed by atoms with E-state index in [1.54, 1.807) is 19.1 Å². The van der Waals surface area contributed by atoms with Crippen molar-refractivity contribution in [2.75, 3.05) is 0 Å². The summed E-state index contributed by atoms with van der Waals surface area (Å²) in [5, 5.41) is 19.0. The minimum atomic E-state index is -4.84. The summed E-state index contributed by atoms with van der Waals surface area (Å²) in [6.45, 7) is 1.78. The molecule has 128 valence electrons. The predicted octanol–water partition coefficient (Wildman–Crippen LogP) is 2.95. The van der Waals surface area contributed by atoms with Crippen LogP contribution in [0, 0.1) is 0 Å². The van der Waals surface area contributed by atoms with E-state index in [0.717, 1.165) is 17.7 Å². The lowest BCUT2D eigenvalue weighted by Crippen LogP contribution is -2.07. The summed E-state index contributed by atoms with van der Waals surface area (Å²) < 4.78 is 15.5. The number of benzene rings is 2. The smallest absolute Gasteiger partial charge is 0.508 e. The highest BCUT2D eigenvalue weighted by molar-refractivity contribution is 7.46. The van der Waals surface area contributed by atoms with Crippen LogP contribution in [0.4, 0.5) is 0 Å². The molecular formula is C16H17O7P. The fraction of sp³-hybridized carbons (Fsp3) is 0.188. The molecular weight excluding hydrogens is 335 g/mol. The van der Waals surface area contributed by atoms with E-state index < -0.39 is 13.6 Å². The van der Waals surface area contributed by atoms with E-state index in [9.17, 15) is 19.6 Å². The van der Waals surface area contributed by atoms with Gasteiger partial charge in [-0.3, -0.25) is 14.6 Å². The number of carbonyl (C=O) groups is 1. The van der Waals surface area contributed by atoms with Crippen LogP contribution >= 0.6 is 7.82 Å². The van der Waals surface area contributed by atoms with Crippen molar-refractivity contribution in [3.63, 3.8) is 0 Å². The van der Waals surface area contributed by atoms with Gasteiger partial charge in [-0.25, -0.2) is 4.57 Å². The Morgan fingerprint density at radius 2 is 1.79 bits per heavy atom. The molecule has 0 saturated carbocycles. The van der Waals surface area contributed by atoms with Gasteiger partial charge in [-0.1, -0.05) is 19.1 Å². The maximum atomic E-state index is 12.5. The topological polar surface area (TPSA) is 124 Å². The van der Waals surface area contributed by atoms with Crippen LogP contribution in [0.3, 0.4) is 0 Å². The Morgan fingerprint density at radius 1 is 1.12 bits per heavy atom. The largest absolute Gasteiger partial charge is 0.524 e. The summed E-state index contributed by atoms with van der Waals surface area (Å²) in [6.07, 6.45) is 0.00439. The maximum Gasteiger partial charge on any atom is 0.524 e. The summed E-state index contributed by atoms with van der Waals surface area (Å²) >= 11 is 0. The second-order valence-electron chi connectivity index (χ2n) is 5.39. The minimum Gasteiger partial charge on any atom is -0.508 e. The van der Waals surface area contributed by atoms with E-state index in [0.29, 0.717) is 0 Å². The van der Waals surface area contributed by atoms with Crippen molar-refractivity contribution in [2.24, 2.45) is 0 Å². The Bertz CT molecular complexity index is 797. The summed E-state index contributed by atoms with van der Waals surface area (Å²) in [5.74, 6) is -1.15. The number of hydrogen-bond donors (Lipinski definition) is 4. The molecule has 0 aromatic heterocycles. The molecule has 24 heavy (non-hydrogen) atoms. The Kier molecular flexibility index (Phi) is 5.29. The van der Waals surface area contributed by atoms with Gasteiger partial charge in [0.25, 0.3) is 0 Å². The van der Waals surface area contributed by atoms with Gasteiger partial charge in [0.15, 0.2) is 5.78 Å². The molecule has 0 saturated heterocycles. The molecule has 0 aliphatic rings. The van der Waals surface area contributed by atoms with Crippen LogP contribution in [0.2, 0.25) is 0 Å². The Morgan fingerprint density at radius 3 is 2.42 bits per heavy atom. The number of ketones is 1. The van der Waals surface area contributed by atoms with Crippen LogP contribution < -0.4 is 4.52 Å². The van der Waals surface area contributed by atoms with E-state index >= 15 is 0 Å². The SMILES string of the molecule is CC(CC(=O)c1cc(O)ccc1OP(=O)(O)O)c1cccc(O)c1. The molecule has 4 N–H and O–H groups in total. The standard InChI is InChI=1S/C16H17O7P/c1-10(11-3-2-4-12(17)8-11)7-15(19)14-9-13(18)5-6-16(14)23-24(20,21)22/h2-6,8-10,17-18H,7H2,1H3,(H2,20,21,22). The monoisotopic (exact) mass is 352 g/mol. The van der Waals surface area contributed by atoms with Crippen molar-refractivity contribution in [3.05, 3.63) is 53.6 Å². The van der Waals surface area contributed by atoms with Gasteiger partial charge in [0.2, 0.25) is 0 Å². The highest BCUT2D eigenvalue weighted by Crippen LogP contribution is 2.40. The third-order valence-electron chi connectivity index (χ3n) is 3.41. The van der Waals surface area contributed by atoms with E-state index in [-0.39, 0.29) is 35.2 Å². The van der Waals surface area contributed by atoms with E-state index in [4.69, 9.17) is 9.79 Å². The third kappa shape index (κ3) is 4.83. The van der Waals surface area contributed by atoms with Gasteiger partial charge in [-0.05, 0) is 41.8 Å². The first-order valence-electron chi connectivity index (χ1n) is 7.06. The first-order valence-corrected chi connectivity index (χ1v) is 8.59. The lowest BCUT2D eigenvalue weighted by atomic mass is 9.93. The molecule has 0 amide bonds. The normalized spacial score (nSPS) is 12.6. The van der Waals surface area contributed by atoms with Gasteiger partial charge >= 0.3 is 7.82 Å². The molecule has 7 nitrogen and oxygen atoms in total. The second kappa shape index (κ2) is 7.05. The Labute approximate surface area is 138 Å². The molecule has 0 aliphatic heterocycles. The van der Waals surface area contributed by atoms with Gasteiger partial charge in [0.05, 0.1) is 5.56 Å². The fourth-order valence-electron chi connectivity index (χ4n) is 2.28. The highest BCUT2D eigenvalue weighted by atomic mass is 31.2. The second-order valence-corrected chi connectivity index (χ2v) is 6.55. The average Bonchev–Trinajstić information content (AvgIpc) is 2.47. The molecule has 0 radical (unpaired) electrons. The molecule has 0 aliphatic carbocycles. The zero-order valence-electron chi connectivity index (χ0n) is 12.8. The lowest BCUT2D eigenvalue weighted by molar-refractivity contribution is 0.0973. The van der Waals surface area contributed by atoms with Gasteiger partial charge in [0.1, 0.15) is 17.2 Å². The Hall–Kier alpha value is -2.34. The molecule has 2 rings (SSSR count). The van der Waals surface area contributed by atoms with E-state index in [2.05, 4.69) is 4.52 Å². The third-order valence-corrected chi connectivity index (χ3v) is 3.85. The van der Waals surface area contributed by atoms with Crippen molar-refractivity contribution in [2.45, 2.75) is 19.3 Å². The first kappa shape index (κ1) is 18.0. The van der Waals surface area contributed by atoms with Crippen LogP contribution in [0.25, 0.3) is 0 Å². The van der Waals surface area contributed by atoms with Gasteiger partial charge in [-0.2, -0.15) is 0 Å². The maximum absolute atomic E-state index is 12.5. The van der Waals surface area contributed by atoms with Crippen LogP contribution in [-0.2, 0) is 4.57 Å². The molecule has 1 unspecified atom stereocenters. The number of hydrogen-bond acceptors (Lipinski definition) is 5. The highest BCUT2D eigenvalue weighted by Gasteiger charge is 2.23. The number of Topliss-reactive ketones (excluding diaryl/α,β-unsaturated/α-hetero) is 1. The molecule has 2 aromatic rings. The van der Waals surface area contributed by atoms with E-state index in [1.165, 1.54) is 18.2 Å². The van der Waals surface area contributed by atoms with Crippen LogP contribution in [0.15, 0.2) is 42.5 Å². The number of aromatic hydroxyl groups is 2. The molecule has 0 spiro atoms. The molecule has 0 heterocycles. The minimum absolute atomic E-state index is 0.00439. The van der Waals surface area contributed by atoms with Crippen LogP contribution in [0.1, 0.15) is 35.2 Å². The van der Waals surface area contributed by atoms with Crippen LogP contribution in [0.5, 0.6) is 17.2 Å². The summed E-state index contributed by atoms with van der Waals surface area (Å²) in [5.41, 5.74) is 0.617. The average molecular weight is 352 g/mol. The van der Waals surface area contributed by atoms with Crippen LogP contribution in [-0.4, -0.2) is 25.8 Å². The number of phosphoric ester groups is 1. The quantitative estimate of drug-likeness (QED) is 0.465. The Balaban J connectivity index is 2.25. The van der Waals surface area contributed by atoms with Crippen molar-refractivity contribution < 1.29 is 33.9 Å². The molecule has 0 fully saturated rings. The number of phenolic OH excluding ortho intramolecular Hbond substituents is 2. The molecule has 1 atom stereocenters. The van der Waals surface area contributed by atoms with Gasteiger partial charge in [0, 0.05) is 6.42 Å². The van der Waals surface area contributed by atoms with Gasteiger partial charge < -0.3 is 14.7 Å². The van der Waals surface area contributed by atoms with Crippen molar-refractivity contribution in [1.29, 1.82) is 0 Å². The first-order chi connectivity index (χ1) is 11.2. The van der Waals surface area contributed by atoms with E-state index in [1.807, 2.05) is 0 Å². The van der Waals surface area contributed by atoms with Crippen molar-refractivity contribution in [1.82, 2.24) is 0 Å².